The first kappa shape index (κ1) is 17.0. The summed E-state index contributed by atoms with van der Waals surface area (Å²) in [6.07, 6.45) is 17.0. The summed E-state index contributed by atoms with van der Waals surface area (Å²) in [5.41, 5.74) is 1.95. The molecular weight excluding hydrogens is 330 g/mol. The number of hydrogen-bond acceptors (Lipinski definition) is 4. The molecule has 0 bridgehead atoms. The smallest absolute Gasteiger partial charge is 0.274 e. The van der Waals surface area contributed by atoms with Gasteiger partial charge in [-0.05, 0) is 12.5 Å². The van der Waals surface area contributed by atoms with Gasteiger partial charge in [0.05, 0.1) is 36.9 Å². The Morgan fingerprint density at radius 3 is 2.54 bits per heavy atom. The molecule has 138 valence electrons. The molecule has 1 saturated carbocycles. The number of hydrogen-bond donors (Lipinski definition) is 1. The van der Waals surface area contributed by atoms with Gasteiger partial charge in [0.1, 0.15) is 5.52 Å². The molecule has 0 amide bonds. The number of aromatic amines is 1. The van der Waals surface area contributed by atoms with E-state index in [0.29, 0.717) is 17.8 Å². The summed E-state index contributed by atoms with van der Waals surface area (Å²) < 4.78 is 8.83. The second kappa shape index (κ2) is 7.86. The van der Waals surface area contributed by atoms with Gasteiger partial charge in [-0.3, -0.25) is 9.48 Å². The van der Waals surface area contributed by atoms with Crippen molar-refractivity contribution in [3.8, 4) is 11.3 Å². The molecule has 0 aromatic carbocycles. The summed E-state index contributed by atoms with van der Waals surface area (Å²) in [5, 5.41) is 8.46. The lowest BCUT2D eigenvalue weighted by atomic mass is 10.0. The lowest BCUT2D eigenvalue weighted by molar-refractivity contribution is 0.184. The minimum atomic E-state index is -0.156. The molecule has 2 aliphatic rings. The lowest BCUT2D eigenvalue weighted by Crippen LogP contribution is -2.11. The van der Waals surface area contributed by atoms with Crippen molar-refractivity contribution >= 4 is 5.52 Å². The molecule has 1 unspecified atom stereocenters. The molecule has 5 rings (SSSR count). The van der Waals surface area contributed by atoms with E-state index in [1.807, 2.05) is 10.9 Å². The molecule has 4 heterocycles. The standard InChI is InChI=1S/C13H13N5O2.C6H12/c19-13-12-1-3-14-18(12)7-11(16-13)9-5-15-17(6-9)10-2-4-20-8-10;1-2-4-6-5-3-1/h1,3,5-7,10H,2,4,8H2,(H,16,19);1-6H2. The van der Waals surface area contributed by atoms with E-state index in [4.69, 9.17) is 4.74 Å². The predicted octanol–water partition coefficient (Wildman–Crippen LogP) is 3.19. The van der Waals surface area contributed by atoms with Crippen LogP contribution in [0.4, 0.5) is 0 Å². The Balaban J connectivity index is 0.000000240. The van der Waals surface area contributed by atoms with Gasteiger partial charge in [0.15, 0.2) is 0 Å². The van der Waals surface area contributed by atoms with Crippen LogP contribution >= 0.6 is 0 Å². The molecule has 7 heteroatoms. The van der Waals surface area contributed by atoms with Crippen molar-refractivity contribution in [2.45, 2.75) is 51.0 Å². The first-order valence-electron chi connectivity index (χ1n) is 9.50. The van der Waals surface area contributed by atoms with E-state index in [9.17, 15) is 4.79 Å². The predicted molar refractivity (Wildman–Crippen MR) is 99.2 cm³/mol. The second-order valence-electron chi connectivity index (χ2n) is 7.01. The van der Waals surface area contributed by atoms with Crippen molar-refractivity contribution in [3.63, 3.8) is 0 Å². The van der Waals surface area contributed by atoms with E-state index in [1.54, 1.807) is 29.2 Å². The normalized spacial score (nSPS) is 20.1. The zero-order valence-electron chi connectivity index (χ0n) is 14.9. The Kier molecular flexibility index (Phi) is 5.15. The average molecular weight is 355 g/mol. The van der Waals surface area contributed by atoms with Gasteiger partial charge in [0.2, 0.25) is 0 Å². The van der Waals surface area contributed by atoms with Crippen LogP contribution in [-0.4, -0.2) is 37.6 Å². The summed E-state index contributed by atoms with van der Waals surface area (Å²) in [6.45, 7) is 1.46. The zero-order chi connectivity index (χ0) is 17.8. The molecule has 1 aliphatic heterocycles. The van der Waals surface area contributed by atoms with E-state index in [0.717, 1.165) is 18.6 Å². The van der Waals surface area contributed by atoms with Crippen LogP contribution in [0.2, 0.25) is 0 Å². The quantitative estimate of drug-likeness (QED) is 0.766. The molecule has 1 atom stereocenters. The topological polar surface area (TPSA) is 77.2 Å². The van der Waals surface area contributed by atoms with Crippen molar-refractivity contribution in [1.29, 1.82) is 0 Å². The van der Waals surface area contributed by atoms with Crippen LogP contribution in [-0.2, 0) is 4.74 Å². The van der Waals surface area contributed by atoms with Gasteiger partial charge in [-0.25, -0.2) is 4.52 Å². The summed E-state index contributed by atoms with van der Waals surface area (Å²) in [5.74, 6) is 0. The van der Waals surface area contributed by atoms with Gasteiger partial charge >= 0.3 is 0 Å². The minimum Gasteiger partial charge on any atom is -0.379 e. The molecule has 3 aromatic rings. The first-order valence-corrected chi connectivity index (χ1v) is 9.50. The molecule has 7 nitrogen and oxygen atoms in total. The number of nitrogens with zero attached hydrogens (tertiary/aromatic N) is 4. The summed E-state index contributed by atoms with van der Waals surface area (Å²) in [7, 11) is 0. The highest BCUT2D eigenvalue weighted by atomic mass is 16.5. The molecule has 1 aliphatic carbocycles. The Labute approximate surface area is 152 Å². The van der Waals surface area contributed by atoms with Crippen LogP contribution in [0.5, 0.6) is 0 Å². The zero-order valence-corrected chi connectivity index (χ0v) is 14.9. The third kappa shape index (κ3) is 3.72. The van der Waals surface area contributed by atoms with E-state index < -0.39 is 0 Å². The number of fused-ring (bicyclic) bond motifs is 1. The highest BCUT2D eigenvalue weighted by molar-refractivity contribution is 5.58. The van der Waals surface area contributed by atoms with Crippen LogP contribution < -0.4 is 5.56 Å². The Morgan fingerprint density at radius 2 is 1.85 bits per heavy atom. The van der Waals surface area contributed by atoms with Gasteiger partial charge in [-0.1, -0.05) is 38.5 Å². The fourth-order valence-electron chi connectivity index (χ4n) is 3.55. The summed E-state index contributed by atoms with van der Waals surface area (Å²) in [6, 6.07) is 1.96. The van der Waals surface area contributed by atoms with Crippen molar-refractivity contribution in [2.24, 2.45) is 0 Å². The fourth-order valence-corrected chi connectivity index (χ4v) is 3.55. The number of rotatable bonds is 2. The lowest BCUT2D eigenvalue weighted by Gasteiger charge is -2.06. The van der Waals surface area contributed by atoms with Crippen molar-refractivity contribution < 1.29 is 4.74 Å². The molecule has 0 radical (unpaired) electrons. The molecular formula is C19H25N5O2. The maximum absolute atomic E-state index is 11.9. The maximum atomic E-state index is 11.9. The van der Waals surface area contributed by atoms with Gasteiger partial charge in [-0.15, -0.1) is 0 Å². The van der Waals surface area contributed by atoms with E-state index in [1.165, 1.54) is 38.5 Å². The average Bonchev–Trinajstić information content (AvgIpc) is 3.43. The summed E-state index contributed by atoms with van der Waals surface area (Å²) in [4.78, 5) is 14.8. The fraction of sp³-hybridized carbons (Fsp3) is 0.526. The van der Waals surface area contributed by atoms with Gasteiger partial charge in [0, 0.05) is 18.4 Å². The Morgan fingerprint density at radius 1 is 1.08 bits per heavy atom. The number of aromatic nitrogens is 5. The largest absolute Gasteiger partial charge is 0.379 e. The molecule has 0 spiro atoms. The number of ether oxygens (including phenoxy) is 1. The van der Waals surface area contributed by atoms with E-state index in [2.05, 4.69) is 15.2 Å². The van der Waals surface area contributed by atoms with Crippen molar-refractivity contribution in [2.75, 3.05) is 13.2 Å². The van der Waals surface area contributed by atoms with Gasteiger partial charge < -0.3 is 9.72 Å². The third-order valence-electron chi connectivity index (χ3n) is 5.09. The minimum absolute atomic E-state index is 0.156. The molecule has 3 aromatic heterocycles. The monoisotopic (exact) mass is 355 g/mol. The molecule has 2 fully saturated rings. The molecule has 1 N–H and O–H groups in total. The highest BCUT2D eigenvalue weighted by Crippen LogP contribution is 2.21. The summed E-state index contributed by atoms with van der Waals surface area (Å²) >= 11 is 0. The van der Waals surface area contributed by atoms with Crippen LogP contribution in [0.3, 0.4) is 0 Å². The van der Waals surface area contributed by atoms with Crippen LogP contribution in [0.1, 0.15) is 51.0 Å². The van der Waals surface area contributed by atoms with E-state index in [-0.39, 0.29) is 11.6 Å². The highest BCUT2D eigenvalue weighted by Gasteiger charge is 2.18. The van der Waals surface area contributed by atoms with Crippen molar-refractivity contribution in [3.05, 3.63) is 41.2 Å². The van der Waals surface area contributed by atoms with Crippen LogP contribution in [0, 0.1) is 0 Å². The molecule has 26 heavy (non-hydrogen) atoms. The third-order valence-corrected chi connectivity index (χ3v) is 5.09. The van der Waals surface area contributed by atoms with Gasteiger partial charge in [0.25, 0.3) is 5.56 Å². The van der Waals surface area contributed by atoms with Gasteiger partial charge in [-0.2, -0.15) is 10.2 Å². The Bertz CT molecular complexity index is 888. The van der Waals surface area contributed by atoms with Crippen LogP contribution in [0.25, 0.3) is 16.8 Å². The number of H-pyrrole nitrogens is 1. The molecule has 1 saturated heterocycles. The Hall–Kier alpha value is -2.41. The van der Waals surface area contributed by atoms with Crippen molar-refractivity contribution in [1.82, 2.24) is 24.4 Å². The second-order valence-corrected chi connectivity index (χ2v) is 7.01. The van der Waals surface area contributed by atoms with E-state index >= 15 is 0 Å². The van der Waals surface area contributed by atoms with Crippen LogP contribution in [0.15, 0.2) is 35.6 Å². The maximum Gasteiger partial charge on any atom is 0.274 e. The number of nitrogens with one attached hydrogen (secondary N) is 1. The first-order chi connectivity index (χ1) is 12.8. The SMILES string of the molecule is C1CCCCC1.O=c1[nH]c(-c2cnn(C3CCOC3)c2)cn2nccc12.